The first kappa shape index (κ1) is 10.8. The third-order valence-electron chi connectivity index (χ3n) is 1.84. The van der Waals surface area contributed by atoms with Gasteiger partial charge in [0.1, 0.15) is 6.10 Å². The molecule has 0 aliphatic rings. The van der Waals surface area contributed by atoms with E-state index in [0.29, 0.717) is 0 Å². The van der Waals surface area contributed by atoms with Gasteiger partial charge in [-0.2, -0.15) is 0 Å². The second-order valence-corrected chi connectivity index (χ2v) is 2.91. The molecular formula is C8H13N3O3. The zero-order valence-electron chi connectivity index (χ0n) is 7.77. The van der Waals surface area contributed by atoms with Crippen molar-refractivity contribution in [1.82, 2.24) is 15.3 Å². The lowest BCUT2D eigenvalue weighted by molar-refractivity contribution is 0.0192. The van der Waals surface area contributed by atoms with Gasteiger partial charge < -0.3 is 20.5 Å². The summed E-state index contributed by atoms with van der Waals surface area (Å²) in [5.74, 6) is 0. The van der Waals surface area contributed by atoms with Gasteiger partial charge in [0, 0.05) is 12.7 Å². The number of aromatic nitrogens is 2. The van der Waals surface area contributed by atoms with E-state index < -0.39 is 17.8 Å². The standard InChI is InChI=1S/C8H13N3O3/c1-9-3-6(12)7(13)5-2-10-4-11-8(5)14/h2,4,6-7,9,12-13H,3H2,1H3,(H,10,11,14). The maximum atomic E-state index is 11.2. The van der Waals surface area contributed by atoms with Crippen molar-refractivity contribution in [2.45, 2.75) is 12.2 Å². The van der Waals surface area contributed by atoms with Crippen LogP contribution < -0.4 is 10.9 Å². The molecule has 6 heteroatoms. The van der Waals surface area contributed by atoms with Crippen molar-refractivity contribution in [3.63, 3.8) is 0 Å². The molecule has 0 fully saturated rings. The van der Waals surface area contributed by atoms with Gasteiger partial charge in [-0.3, -0.25) is 4.79 Å². The molecule has 6 nitrogen and oxygen atoms in total. The molecule has 0 saturated carbocycles. The minimum absolute atomic E-state index is 0.0650. The van der Waals surface area contributed by atoms with Crippen molar-refractivity contribution < 1.29 is 10.2 Å². The Morgan fingerprint density at radius 1 is 1.64 bits per heavy atom. The van der Waals surface area contributed by atoms with Crippen molar-refractivity contribution in [3.05, 3.63) is 28.4 Å². The molecule has 2 atom stereocenters. The average molecular weight is 199 g/mol. The highest BCUT2D eigenvalue weighted by Crippen LogP contribution is 2.10. The predicted molar refractivity (Wildman–Crippen MR) is 49.8 cm³/mol. The molecule has 0 aromatic carbocycles. The van der Waals surface area contributed by atoms with Gasteiger partial charge in [-0.25, -0.2) is 4.98 Å². The van der Waals surface area contributed by atoms with E-state index in [1.807, 2.05) is 0 Å². The van der Waals surface area contributed by atoms with E-state index in [1.165, 1.54) is 12.5 Å². The molecule has 0 aliphatic heterocycles. The number of aliphatic hydroxyl groups excluding tert-OH is 2. The summed E-state index contributed by atoms with van der Waals surface area (Å²) < 4.78 is 0. The van der Waals surface area contributed by atoms with Crippen molar-refractivity contribution in [2.24, 2.45) is 0 Å². The quantitative estimate of drug-likeness (QED) is 0.467. The van der Waals surface area contributed by atoms with E-state index in [0.717, 1.165) is 0 Å². The Hall–Kier alpha value is -1.24. The third kappa shape index (κ3) is 2.38. The zero-order valence-corrected chi connectivity index (χ0v) is 7.77. The predicted octanol–water partition coefficient (Wildman–Crippen LogP) is -1.62. The number of hydrogen-bond acceptors (Lipinski definition) is 5. The summed E-state index contributed by atoms with van der Waals surface area (Å²) in [6, 6.07) is 0. The van der Waals surface area contributed by atoms with Crippen molar-refractivity contribution in [2.75, 3.05) is 13.6 Å². The number of hydrogen-bond donors (Lipinski definition) is 4. The summed E-state index contributed by atoms with van der Waals surface area (Å²) in [6.45, 7) is 0.204. The number of H-pyrrole nitrogens is 1. The van der Waals surface area contributed by atoms with Gasteiger partial charge in [0.05, 0.1) is 18.0 Å². The number of rotatable bonds is 4. The molecule has 2 unspecified atom stereocenters. The number of likely N-dealkylation sites (N-methyl/N-ethyl adjacent to an activating group) is 1. The fourth-order valence-corrected chi connectivity index (χ4v) is 1.09. The van der Waals surface area contributed by atoms with Crippen LogP contribution in [0.5, 0.6) is 0 Å². The second-order valence-electron chi connectivity index (χ2n) is 2.91. The van der Waals surface area contributed by atoms with Crippen molar-refractivity contribution in [1.29, 1.82) is 0 Å². The summed E-state index contributed by atoms with van der Waals surface area (Å²) in [6.07, 6.45) is 0.218. The molecule has 0 amide bonds. The Bertz CT molecular complexity index is 339. The van der Waals surface area contributed by atoms with Crippen molar-refractivity contribution >= 4 is 0 Å². The van der Waals surface area contributed by atoms with Gasteiger partial charge in [-0.1, -0.05) is 0 Å². The summed E-state index contributed by atoms with van der Waals surface area (Å²) in [5, 5.41) is 21.6. The lowest BCUT2D eigenvalue weighted by Gasteiger charge is -2.16. The van der Waals surface area contributed by atoms with Gasteiger partial charge in [-0.15, -0.1) is 0 Å². The smallest absolute Gasteiger partial charge is 0.256 e. The molecule has 0 aliphatic carbocycles. The molecule has 1 aromatic rings. The molecule has 4 N–H and O–H groups in total. The van der Waals surface area contributed by atoms with Crippen LogP contribution in [0.1, 0.15) is 11.7 Å². The van der Waals surface area contributed by atoms with E-state index in [-0.39, 0.29) is 12.1 Å². The Balaban J connectivity index is 2.84. The van der Waals surface area contributed by atoms with Gasteiger partial charge in [-0.05, 0) is 7.05 Å². The molecule has 1 aromatic heterocycles. The Morgan fingerprint density at radius 2 is 2.36 bits per heavy atom. The lowest BCUT2D eigenvalue weighted by atomic mass is 10.1. The normalized spacial score (nSPS) is 15.1. The maximum Gasteiger partial charge on any atom is 0.256 e. The van der Waals surface area contributed by atoms with Crippen LogP contribution >= 0.6 is 0 Å². The van der Waals surface area contributed by atoms with Gasteiger partial charge in [0.15, 0.2) is 0 Å². The molecule has 78 valence electrons. The summed E-state index contributed by atoms with van der Waals surface area (Å²) in [7, 11) is 1.64. The van der Waals surface area contributed by atoms with E-state index >= 15 is 0 Å². The van der Waals surface area contributed by atoms with Gasteiger partial charge >= 0.3 is 0 Å². The van der Waals surface area contributed by atoms with Gasteiger partial charge in [0.2, 0.25) is 0 Å². The first-order valence-electron chi connectivity index (χ1n) is 4.20. The van der Waals surface area contributed by atoms with Crippen LogP contribution in [0.3, 0.4) is 0 Å². The fraction of sp³-hybridized carbons (Fsp3) is 0.500. The number of nitrogens with zero attached hydrogens (tertiary/aromatic N) is 1. The molecule has 1 rings (SSSR count). The highest BCUT2D eigenvalue weighted by molar-refractivity contribution is 5.08. The number of nitrogens with one attached hydrogen (secondary N) is 2. The van der Waals surface area contributed by atoms with Gasteiger partial charge in [0.25, 0.3) is 5.56 Å². The monoisotopic (exact) mass is 199 g/mol. The molecule has 0 spiro atoms. The highest BCUT2D eigenvalue weighted by Gasteiger charge is 2.20. The van der Waals surface area contributed by atoms with Crippen LogP contribution in [0.15, 0.2) is 17.3 Å². The first-order chi connectivity index (χ1) is 6.66. The van der Waals surface area contributed by atoms with Crippen LogP contribution in [0.2, 0.25) is 0 Å². The number of aromatic amines is 1. The third-order valence-corrected chi connectivity index (χ3v) is 1.84. The number of aliphatic hydroxyl groups is 2. The van der Waals surface area contributed by atoms with Crippen LogP contribution in [-0.2, 0) is 0 Å². The van der Waals surface area contributed by atoms with Crippen LogP contribution in [0.4, 0.5) is 0 Å². The summed E-state index contributed by atoms with van der Waals surface area (Å²) in [4.78, 5) is 17.2. The lowest BCUT2D eigenvalue weighted by Crippen LogP contribution is -2.32. The van der Waals surface area contributed by atoms with E-state index in [4.69, 9.17) is 0 Å². The summed E-state index contributed by atoms with van der Waals surface area (Å²) in [5.41, 5.74) is -0.377. The van der Waals surface area contributed by atoms with E-state index in [2.05, 4.69) is 15.3 Å². The Labute approximate surface area is 80.6 Å². The molecule has 0 radical (unpaired) electrons. The average Bonchev–Trinajstić information content (AvgIpc) is 2.18. The summed E-state index contributed by atoms with van der Waals surface area (Å²) >= 11 is 0. The molecule has 0 bridgehead atoms. The topological polar surface area (TPSA) is 98.2 Å². The minimum atomic E-state index is -1.22. The van der Waals surface area contributed by atoms with Crippen LogP contribution in [0.25, 0.3) is 0 Å². The Morgan fingerprint density at radius 3 is 2.93 bits per heavy atom. The fourth-order valence-electron chi connectivity index (χ4n) is 1.09. The van der Waals surface area contributed by atoms with Crippen LogP contribution in [0, 0.1) is 0 Å². The molecule has 14 heavy (non-hydrogen) atoms. The Kier molecular flexibility index (Phi) is 3.75. The zero-order chi connectivity index (χ0) is 10.6. The van der Waals surface area contributed by atoms with E-state index in [9.17, 15) is 15.0 Å². The second kappa shape index (κ2) is 4.85. The first-order valence-corrected chi connectivity index (χ1v) is 4.20. The largest absolute Gasteiger partial charge is 0.389 e. The molecule has 1 heterocycles. The van der Waals surface area contributed by atoms with Crippen LogP contribution in [-0.4, -0.2) is 39.9 Å². The van der Waals surface area contributed by atoms with Crippen molar-refractivity contribution in [3.8, 4) is 0 Å². The highest BCUT2D eigenvalue weighted by atomic mass is 16.3. The molecule has 0 saturated heterocycles. The van der Waals surface area contributed by atoms with E-state index in [1.54, 1.807) is 7.05 Å². The minimum Gasteiger partial charge on any atom is -0.389 e. The SMILES string of the molecule is CNCC(O)C(O)c1cnc[nH]c1=O. The molecular weight excluding hydrogens is 186 g/mol. The maximum absolute atomic E-state index is 11.2.